The molecule has 1 amide bonds. The van der Waals surface area contributed by atoms with E-state index in [-0.39, 0.29) is 27.9 Å². The van der Waals surface area contributed by atoms with Gasteiger partial charge < -0.3 is 14.6 Å². The summed E-state index contributed by atoms with van der Waals surface area (Å²) < 4.78 is 10.9. The molecule has 0 saturated carbocycles. The topological polar surface area (TPSA) is 106 Å². The molecule has 1 atom stereocenters. The Morgan fingerprint density at radius 1 is 1.11 bits per heavy atom. The first-order valence-electron chi connectivity index (χ1n) is 12.0. The van der Waals surface area contributed by atoms with Crippen LogP contribution in [0, 0.1) is 13.8 Å². The Morgan fingerprint density at radius 2 is 1.84 bits per heavy atom. The van der Waals surface area contributed by atoms with Crippen molar-refractivity contribution < 1.29 is 29.0 Å². The van der Waals surface area contributed by atoms with Gasteiger partial charge in [-0.3, -0.25) is 14.5 Å². The van der Waals surface area contributed by atoms with E-state index in [0.29, 0.717) is 29.2 Å². The molecule has 1 aliphatic rings. The number of benzene rings is 2. The molecule has 2 heterocycles. The number of aromatic nitrogens is 1. The van der Waals surface area contributed by atoms with Gasteiger partial charge in [0.15, 0.2) is 5.13 Å². The van der Waals surface area contributed by atoms with Crippen LogP contribution in [-0.4, -0.2) is 41.0 Å². The number of thiazole rings is 1. The fraction of sp³-hybridized carbons (Fsp3) is 0.286. The van der Waals surface area contributed by atoms with Crippen molar-refractivity contribution in [2.24, 2.45) is 0 Å². The molecule has 1 N–H and O–H groups in total. The molecule has 192 valence electrons. The fourth-order valence-corrected chi connectivity index (χ4v) is 5.07. The molecule has 4 rings (SSSR count). The van der Waals surface area contributed by atoms with Gasteiger partial charge in [-0.15, -0.1) is 0 Å². The molecule has 0 spiro atoms. The highest BCUT2D eigenvalue weighted by Gasteiger charge is 2.48. The summed E-state index contributed by atoms with van der Waals surface area (Å²) in [5.41, 5.74) is 2.28. The number of anilines is 1. The molecule has 2 aromatic carbocycles. The van der Waals surface area contributed by atoms with Crippen molar-refractivity contribution in [2.75, 3.05) is 18.1 Å². The van der Waals surface area contributed by atoms with Gasteiger partial charge in [-0.1, -0.05) is 60.2 Å². The molecule has 0 bridgehead atoms. The monoisotopic (exact) mass is 520 g/mol. The number of ketones is 1. The predicted octanol–water partition coefficient (Wildman–Crippen LogP) is 5.35. The number of nitrogens with zero attached hydrogens (tertiary/aromatic N) is 2. The van der Waals surface area contributed by atoms with E-state index in [2.05, 4.69) is 4.98 Å². The van der Waals surface area contributed by atoms with Crippen LogP contribution in [0.2, 0.25) is 0 Å². The highest BCUT2D eigenvalue weighted by atomic mass is 32.1. The number of rotatable bonds is 8. The lowest BCUT2D eigenvalue weighted by Gasteiger charge is -2.23. The van der Waals surface area contributed by atoms with Gasteiger partial charge in [-0.05, 0) is 44.9 Å². The highest BCUT2D eigenvalue weighted by Crippen LogP contribution is 2.44. The van der Waals surface area contributed by atoms with E-state index in [1.165, 1.54) is 4.90 Å². The van der Waals surface area contributed by atoms with Crippen LogP contribution in [0.25, 0.3) is 5.76 Å². The van der Waals surface area contributed by atoms with E-state index in [1.807, 2.05) is 26.0 Å². The van der Waals surface area contributed by atoms with E-state index < -0.39 is 23.7 Å². The second-order valence-electron chi connectivity index (χ2n) is 8.59. The number of carbonyl (C=O) groups is 3. The summed E-state index contributed by atoms with van der Waals surface area (Å²) in [7, 11) is 0. The van der Waals surface area contributed by atoms with Crippen molar-refractivity contribution in [1.82, 2.24) is 4.98 Å². The van der Waals surface area contributed by atoms with E-state index in [9.17, 15) is 19.5 Å². The van der Waals surface area contributed by atoms with Crippen molar-refractivity contribution in [3.63, 3.8) is 0 Å². The summed E-state index contributed by atoms with van der Waals surface area (Å²) >= 11 is 0.970. The summed E-state index contributed by atoms with van der Waals surface area (Å²) in [4.78, 5) is 45.2. The summed E-state index contributed by atoms with van der Waals surface area (Å²) in [6.45, 7) is 7.94. The number of amides is 1. The second-order valence-corrected chi connectivity index (χ2v) is 9.57. The Hall–Kier alpha value is -3.98. The van der Waals surface area contributed by atoms with Crippen LogP contribution in [-0.2, 0) is 14.3 Å². The van der Waals surface area contributed by atoms with Gasteiger partial charge in [-0.25, -0.2) is 9.78 Å². The first-order chi connectivity index (χ1) is 17.8. The summed E-state index contributed by atoms with van der Waals surface area (Å²) in [6, 6.07) is 13.1. The number of aliphatic hydroxyl groups excluding tert-OH is 1. The molecule has 0 radical (unpaired) electrons. The van der Waals surface area contributed by atoms with E-state index >= 15 is 0 Å². The maximum absolute atomic E-state index is 13.4. The molecular weight excluding hydrogens is 492 g/mol. The zero-order valence-electron chi connectivity index (χ0n) is 21.1. The molecule has 1 aromatic heterocycles. The van der Waals surface area contributed by atoms with E-state index in [1.54, 1.807) is 50.2 Å². The number of ether oxygens (including phenoxy) is 2. The SMILES string of the molecule is CCCOc1cccc(C2C(=C(O)c3ccc(C)cc3)C(=O)C(=O)N2c2nc(C)c(C(=O)OCC)s2)c1. The lowest BCUT2D eigenvalue weighted by atomic mass is 9.95. The molecule has 9 heteroatoms. The lowest BCUT2D eigenvalue weighted by Crippen LogP contribution is -2.29. The summed E-state index contributed by atoms with van der Waals surface area (Å²) in [6.07, 6.45) is 0.811. The zero-order valence-corrected chi connectivity index (χ0v) is 21.9. The first kappa shape index (κ1) is 26.1. The third kappa shape index (κ3) is 5.13. The highest BCUT2D eigenvalue weighted by molar-refractivity contribution is 7.17. The van der Waals surface area contributed by atoms with Gasteiger partial charge in [-0.2, -0.15) is 0 Å². The van der Waals surface area contributed by atoms with Crippen LogP contribution in [0.1, 0.15) is 58.4 Å². The third-order valence-corrected chi connectivity index (χ3v) is 7.01. The van der Waals surface area contributed by atoms with Gasteiger partial charge >= 0.3 is 11.9 Å². The minimum atomic E-state index is -0.980. The third-order valence-electron chi connectivity index (χ3n) is 5.87. The number of carbonyl (C=O) groups excluding carboxylic acids is 3. The van der Waals surface area contributed by atoms with Crippen LogP contribution < -0.4 is 9.64 Å². The largest absolute Gasteiger partial charge is 0.507 e. The van der Waals surface area contributed by atoms with Crippen molar-refractivity contribution in [2.45, 2.75) is 40.2 Å². The zero-order chi connectivity index (χ0) is 26.7. The van der Waals surface area contributed by atoms with Gasteiger partial charge in [0.2, 0.25) is 0 Å². The number of esters is 1. The second kappa shape index (κ2) is 11.0. The number of aryl methyl sites for hydroxylation is 2. The van der Waals surface area contributed by atoms with Gasteiger partial charge in [0.25, 0.3) is 5.78 Å². The van der Waals surface area contributed by atoms with Crippen molar-refractivity contribution in [3.8, 4) is 5.75 Å². The summed E-state index contributed by atoms with van der Waals surface area (Å²) in [5, 5.41) is 11.4. The van der Waals surface area contributed by atoms with Crippen LogP contribution in [0.15, 0.2) is 54.1 Å². The predicted molar refractivity (Wildman–Crippen MR) is 141 cm³/mol. The number of hydrogen-bond donors (Lipinski definition) is 1. The molecule has 1 unspecified atom stereocenters. The average molecular weight is 521 g/mol. The number of aliphatic hydroxyl groups is 1. The maximum Gasteiger partial charge on any atom is 0.350 e. The van der Waals surface area contributed by atoms with E-state index in [4.69, 9.17) is 9.47 Å². The molecular formula is C28H28N2O6S. The molecule has 37 heavy (non-hydrogen) atoms. The van der Waals surface area contributed by atoms with Crippen LogP contribution >= 0.6 is 11.3 Å². The first-order valence-corrected chi connectivity index (χ1v) is 12.8. The van der Waals surface area contributed by atoms with Gasteiger partial charge in [0.1, 0.15) is 16.4 Å². The Kier molecular flexibility index (Phi) is 7.73. The van der Waals surface area contributed by atoms with Crippen LogP contribution in [0.3, 0.4) is 0 Å². The Labute approximate surface area is 219 Å². The van der Waals surface area contributed by atoms with Crippen molar-refractivity contribution >= 4 is 39.9 Å². The molecule has 1 saturated heterocycles. The molecule has 0 aliphatic carbocycles. The summed E-state index contributed by atoms with van der Waals surface area (Å²) in [5.74, 6) is -1.95. The molecule has 1 aliphatic heterocycles. The number of hydrogen-bond acceptors (Lipinski definition) is 8. The normalized spacial score (nSPS) is 16.8. The van der Waals surface area contributed by atoms with Crippen molar-refractivity contribution in [1.29, 1.82) is 0 Å². The quantitative estimate of drug-likeness (QED) is 0.185. The molecule has 8 nitrogen and oxygen atoms in total. The molecule has 3 aromatic rings. The minimum Gasteiger partial charge on any atom is -0.507 e. The van der Waals surface area contributed by atoms with Crippen LogP contribution in [0.4, 0.5) is 5.13 Å². The Bertz CT molecular complexity index is 1380. The van der Waals surface area contributed by atoms with E-state index in [0.717, 1.165) is 23.3 Å². The Balaban J connectivity index is 1.90. The van der Waals surface area contributed by atoms with Gasteiger partial charge in [0.05, 0.1) is 30.5 Å². The molecule has 1 fully saturated rings. The average Bonchev–Trinajstić information content (AvgIpc) is 3.40. The van der Waals surface area contributed by atoms with Crippen molar-refractivity contribution in [3.05, 3.63) is 81.4 Å². The van der Waals surface area contributed by atoms with Crippen LogP contribution in [0.5, 0.6) is 5.75 Å². The number of Topliss-reactive ketones (excluding diaryl/α,β-unsaturated/α-hetero) is 1. The Morgan fingerprint density at radius 3 is 2.51 bits per heavy atom. The maximum atomic E-state index is 13.4. The van der Waals surface area contributed by atoms with Gasteiger partial charge in [0, 0.05) is 5.56 Å². The fourth-order valence-electron chi connectivity index (χ4n) is 4.08. The lowest BCUT2D eigenvalue weighted by molar-refractivity contribution is -0.132. The minimum absolute atomic E-state index is 0.0629. The standard InChI is InChI=1S/C28H28N2O6S/c1-5-14-36-20-9-7-8-19(15-20)22-21(23(31)18-12-10-16(3)11-13-18)24(32)26(33)30(22)28-29-17(4)25(37-28)27(34)35-6-2/h7-13,15,22,31H,5-6,14H2,1-4H3. The smallest absolute Gasteiger partial charge is 0.350 e.